The Balaban J connectivity index is 1.29. The summed E-state index contributed by atoms with van der Waals surface area (Å²) in [5, 5.41) is 0. The SMILES string of the molecule is COc1cccc(CN(Cc2ccc(N3CCN(C)CC3)cc2)c2nc(CCN3CCOCC3)co2)c1. The highest BCUT2D eigenvalue weighted by molar-refractivity contribution is 5.49. The van der Waals surface area contributed by atoms with Crippen LogP contribution >= 0.6 is 0 Å². The van der Waals surface area contributed by atoms with E-state index in [0.29, 0.717) is 19.1 Å². The standard InChI is InChI=1S/C29H39N5O3/c1-31-12-14-33(15-13-31)27-8-6-24(7-9-27)21-34(22-25-4-3-5-28(20-25)35-2)29-30-26(23-37-29)10-11-32-16-18-36-19-17-32/h3-9,20,23H,10-19,21-22H2,1-2H3. The van der Waals surface area contributed by atoms with Crippen LogP contribution in [0.1, 0.15) is 16.8 Å². The van der Waals surface area contributed by atoms with E-state index in [2.05, 4.69) is 63.0 Å². The van der Waals surface area contributed by atoms with E-state index in [1.165, 1.54) is 11.3 Å². The number of methoxy groups -OCH3 is 1. The molecule has 2 fully saturated rings. The first kappa shape index (κ1) is 25.6. The minimum atomic E-state index is 0.656. The van der Waals surface area contributed by atoms with Crippen LogP contribution in [-0.4, -0.2) is 88.0 Å². The van der Waals surface area contributed by atoms with Gasteiger partial charge in [-0.15, -0.1) is 0 Å². The molecular formula is C29H39N5O3. The molecule has 0 amide bonds. The molecule has 0 aliphatic carbocycles. The van der Waals surface area contributed by atoms with E-state index in [-0.39, 0.29) is 0 Å². The summed E-state index contributed by atoms with van der Waals surface area (Å²) in [6, 6.07) is 17.8. The largest absolute Gasteiger partial charge is 0.497 e. The number of rotatable bonds is 10. The van der Waals surface area contributed by atoms with E-state index in [1.54, 1.807) is 7.11 Å². The Morgan fingerprint density at radius 1 is 0.919 bits per heavy atom. The fourth-order valence-electron chi connectivity index (χ4n) is 4.93. The van der Waals surface area contributed by atoms with Gasteiger partial charge in [0.05, 0.1) is 26.0 Å². The van der Waals surface area contributed by atoms with Gasteiger partial charge >= 0.3 is 0 Å². The van der Waals surface area contributed by atoms with Gasteiger partial charge in [-0.2, -0.15) is 4.98 Å². The molecule has 3 heterocycles. The van der Waals surface area contributed by atoms with Crippen molar-refractivity contribution in [3.8, 4) is 5.75 Å². The van der Waals surface area contributed by atoms with Crippen LogP contribution in [0.2, 0.25) is 0 Å². The number of oxazole rings is 1. The van der Waals surface area contributed by atoms with Gasteiger partial charge in [0.2, 0.25) is 0 Å². The first-order valence-electron chi connectivity index (χ1n) is 13.3. The number of piperazine rings is 1. The minimum absolute atomic E-state index is 0.656. The maximum atomic E-state index is 6.02. The molecule has 2 saturated heterocycles. The molecule has 2 aliphatic rings. The molecular weight excluding hydrogens is 466 g/mol. The van der Waals surface area contributed by atoms with Gasteiger partial charge in [-0.1, -0.05) is 24.3 Å². The Labute approximate surface area is 220 Å². The zero-order valence-corrected chi connectivity index (χ0v) is 22.1. The number of benzene rings is 2. The molecule has 37 heavy (non-hydrogen) atoms. The number of anilines is 2. The van der Waals surface area contributed by atoms with Crippen molar-refractivity contribution in [2.24, 2.45) is 0 Å². The number of hydrogen-bond donors (Lipinski definition) is 0. The van der Waals surface area contributed by atoms with Gasteiger partial charge < -0.3 is 28.6 Å². The fourth-order valence-corrected chi connectivity index (χ4v) is 4.93. The molecule has 1 aromatic heterocycles. The van der Waals surface area contributed by atoms with E-state index in [4.69, 9.17) is 18.9 Å². The molecule has 3 aromatic rings. The lowest BCUT2D eigenvalue weighted by Gasteiger charge is -2.34. The van der Waals surface area contributed by atoms with Crippen LogP contribution in [-0.2, 0) is 24.2 Å². The predicted octanol–water partition coefficient (Wildman–Crippen LogP) is 3.52. The second-order valence-electron chi connectivity index (χ2n) is 9.99. The van der Waals surface area contributed by atoms with E-state index >= 15 is 0 Å². The van der Waals surface area contributed by atoms with Crippen LogP contribution in [0, 0.1) is 0 Å². The number of morpholine rings is 1. The summed E-state index contributed by atoms with van der Waals surface area (Å²) in [5.74, 6) is 0.854. The van der Waals surface area contributed by atoms with Crippen LogP contribution in [0.5, 0.6) is 5.75 Å². The summed E-state index contributed by atoms with van der Waals surface area (Å²) in [7, 11) is 3.89. The number of likely N-dealkylation sites (N-methyl/N-ethyl adjacent to an activating group) is 1. The maximum absolute atomic E-state index is 6.02. The van der Waals surface area contributed by atoms with Crippen LogP contribution < -0.4 is 14.5 Å². The third-order valence-corrected chi connectivity index (χ3v) is 7.28. The van der Waals surface area contributed by atoms with Gasteiger partial charge in [0, 0.05) is 71.0 Å². The first-order chi connectivity index (χ1) is 18.2. The molecule has 0 bridgehead atoms. The monoisotopic (exact) mass is 505 g/mol. The lowest BCUT2D eigenvalue weighted by molar-refractivity contribution is 0.0383. The normalized spacial score (nSPS) is 17.2. The lowest BCUT2D eigenvalue weighted by Crippen LogP contribution is -2.44. The Morgan fingerprint density at radius 2 is 1.68 bits per heavy atom. The molecule has 0 radical (unpaired) electrons. The van der Waals surface area contributed by atoms with E-state index in [9.17, 15) is 0 Å². The van der Waals surface area contributed by atoms with Crippen molar-refractivity contribution in [3.05, 3.63) is 71.6 Å². The van der Waals surface area contributed by atoms with Crippen molar-refractivity contribution >= 4 is 11.7 Å². The van der Waals surface area contributed by atoms with E-state index < -0.39 is 0 Å². The zero-order valence-electron chi connectivity index (χ0n) is 22.1. The van der Waals surface area contributed by atoms with Crippen molar-refractivity contribution < 1.29 is 13.9 Å². The fraction of sp³-hybridized carbons (Fsp3) is 0.483. The number of nitrogens with zero attached hydrogens (tertiary/aromatic N) is 5. The highest BCUT2D eigenvalue weighted by atomic mass is 16.5. The van der Waals surface area contributed by atoms with Crippen molar-refractivity contribution in [1.82, 2.24) is 14.8 Å². The highest BCUT2D eigenvalue weighted by Crippen LogP contribution is 2.24. The molecule has 2 aromatic carbocycles. The number of hydrogen-bond acceptors (Lipinski definition) is 8. The molecule has 2 aliphatic heterocycles. The third-order valence-electron chi connectivity index (χ3n) is 7.28. The second-order valence-corrected chi connectivity index (χ2v) is 9.99. The van der Waals surface area contributed by atoms with Crippen LogP contribution in [0.4, 0.5) is 11.7 Å². The molecule has 0 N–H and O–H groups in total. The van der Waals surface area contributed by atoms with Crippen molar-refractivity contribution in [1.29, 1.82) is 0 Å². The summed E-state index contributed by atoms with van der Waals surface area (Å²) in [6.07, 6.45) is 2.68. The van der Waals surface area contributed by atoms with Crippen LogP contribution in [0.3, 0.4) is 0 Å². The summed E-state index contributed by atoms with van der Waals surface area (Å²) in [4.78, 5) is 14.4. The minimum Gasteiger partial charge on any atom is -0.497 e. The second kappa shape index (κ2) is 12.4. The van der Waals surface area contributed by atoms with Gasteiger partial charge in [0.25, 0.3) is 6.01 Å². The van der Waals surface area contributed by atoms with E-state index in [1.807, 2.05) is 18.4 Å². The Kier molecular flexibility index (Phi) is 8.61. The predicted molar refractivity (Wildman–Crippen MR) is 146 cm³/mol. The van der Waals surface area contributed by atoms with Gasteiger partial charge in [-0.3, -0.25) is 4.90 Å². The highest BCUT2D eigenvalue weighted by Gasteiger charge is 2.18. The lowest BCUT2D eigenvalue weighted by atomic mass is 10.1. The molecule has 8 nitrogen and oxygen atoms in total. The third kappa shape index (κ3) is 7.03. The Bertz CT molecular complexity index is 1100. The van der Waals surface area contributed by atoms with Crippen LogP contribution in [0.25, 0.3) is 0 Å². The molecule has 0 spiro atoms. The van der Waals surface area contributed by atoms with Gasteiger partial charge in [0.1, 0.15) is 12.0 Å². The van der Waals surface area contributed by atoms with Gasteiger partial charge in [-0.25, -0.2) is 0 Å². The summed E-state index contributed by atoms with van der Waals surface area (Å²) in [5.41, 5.74) is 4.66. The summed E-state index contributed by atoms with van der Waals surface area (Å²) >= 11 is 0. The quantitative estimate of drug-likeness (QED) is 0.415. The average Bonchev–Trinajstić information content (AvgIpc) is 3.42. The summed E-state index contributed by atoms with van der Waals surface area (Å²) in [6.45, 7) is 10.3. The Hall–Kier alpha value is -3.07. The van der Waals surface area contributed by atoms with Crippen LogP contribution in [0.15, 0.2) is 59.2 Å². The van der Waals surface area contributed by atoms with Crippen molar-refractivity contribution in [2.45, 2.75) is 19.5 Å². The molecule has 0 saturated carbocycles. The Morgan fingerprint density at radius 3 is 2.43 bits per heavy atom. The van der Waals surface area contributed by atoms with E-state index in [0.717, 1.165) is 82.5 Å². The van der Waals surface area contributed by atoms with Gasteiger partial charge in [-0.05, 0) is 42.4 Å². The topological polar surface area (TPSA) is 57.5 Å². The number of aromatic nitrogens is 1. The summed E-state index contributed by atoms with van der Waals surface area (Å²) < 4.78 is 16.9. The first-order valence-corrected chi connectivity index (χ1v) is 13.3. The van der Waals surface area contributed by atoms with Crippen molar-refractivity contribution in [2.75, 3.05) is 83.0 Å². The molecule has 5 rings (SSSR count). The number of ether oxygens (including phenoxy) is 2. The van der Waals surface area contributed by atoms with Gasteiger partial charge in [0.15, 0.2) is 0 Å². The maximum Gasteiger partial charge on any atom is 0.298 e. The molecule has 198 valence electrons. The zero-order chi connectivity index (χ0) is 25.5. The molecule has 0 atom stereocenters. The average molecular weight is 506 g/mol. The smallest absolute Gasteiger partial charge is 0.298 e. The van der Waals surface area contributed by atoms with Crippen molar-refractivity contribution in [3.63, 3.8) is 0 Å². The molecule has 0 unspecified atom stereocenters. The molecule has 8 heteroatoms.